The highest BCUT2D eigenvalue weighted by molar-refractivity contribution is 7.93. The summed E-state index contributed by atoms with van der Waals surface area (Å²) in [6, 6.07) is 9.07. The van der Waals surface area contributed by atoms with Crippen molar-refractivity contribution in [2.75, 3.05) is 24.1 Å². The molecule has 1 aromatic heterocycles. The Labute approximate surface area is 161 Å². The van der Waals surface area contributed by atoms with Crippen LogP contribution in [0.25, 0.3) is 10.9 Å². The van der Waals surface area contributed by atoms with Gasteiger partial charge in [-0.05, 0) is 49.5 Å². The number of anilines is 2. The van der Waals surface area contributed by atoms with E-state index in [-0.39, 0.29) is 26.4 Å². The van der Waals surface area contributed by atoms with Gasteiger partial charge in [-0.2, -0.15) is 0 Å². The molecule has 2 aromatic carbocycles. The number of nitrogens with zero attached hydrogens (tertiary/aromatic N) is 1. The third-order valence-electron chi connectivity index (χ3n) is 4.05. The molecule has 0 unspecified atom stereocenters. The minimum Gasteiger partial charge on any atom is -0.386 e. The predicted molar refractivity (Wildman–Crippen MR) is 105 cm³/mol. The summed E-state index contributed by atoms with van der Waals surface area (Å²) in [6.07, 6.45) is 1.36. The number of aromatic nitrogens is 1. The lowest BCUT2D eigenvalue weighted by Crippen LogP contribution is -2.20. The van der Waals surface area contributed by atoms with Gasteiger partial charge in [-0.1, -0.05) is 0 Å². The Morgan fingerprint density at radius 1 is 0.929 bits per heavy atom. The number of hydrogen-bond donors (Lipinski definition) is 3. The number of halogens is 1. The van der Waals surface area contributed by atoms with Crippen LogP contribution in [0.2, 0.25) is 0 Å². The highest BCUT2D eigenvalue weighted by Gasteiger charge is 2.22. The highest BCUT2D eigenvalue weighted by Crippen LogP contribution is 2.30. The maximum atomic E-state index is 14.0. The molecule has 0 saturated heterocycles. The van der Waals surface area contributed by atoms with Gasteiger partial charge in [-0.25, -0.2) is 25.9 Å². The van der Waals surface area contributed by atoms with Crippen LogP contribution in [0.15, 0.2) is 58.5 Å². The van der Waals surface area contributed by atoms with E-state index in [2.05, 4.69) is 19.7 Å². The Morgan fingerprint density at radius 2 is 1.68 bits per heavy atom. The number of pyridine rings is 1. The zero-order valence-electron chi connectivity index (χ0n) is 14.9. The van der Waals surface area contributed by atoms with Crippen LogP contribution in [0.1, 0.15) is 0 Å². The van der Waals surface area contributed by atoms with E-state index >= 15 is 0 Å². The fraction of sp³-hybridized carbons (Fsp3) is 0.118. The van der Waals surface area contributed by atoms with E-state index in [1.807, 2.05) is 0 Å². The molecule has 0 saturated carbocycles. The Bertz CT molecular complexity index is 1260. The smallest absolute Gasteiger partial charge is 0.262 e. The van der Waals surface area contributed by atoms with Crippen molar-refractivity contribution in [3.8, 4) is 0 Å². The fourth-order valence-corrected chi connectivity index (χ4v) is 4.68. The van der Waals surface area contributed by atoms with Crippen LogP contribution in [-0.4, -0.2) is 35.9 Å². The second-order valence-electron chi connectivity index (χ2n) is 5.72. The normalized spacial score (nSPS) is 12.1. The fourth-order valence-electron chi connectivity index (χ4n) is 2.66. The van der Waals surface area contributed by atoms with Gasteiger partial charge in [0, 0.05) is 18.6 Å². The SMILES string of the molecule is CNc1ccc(S(=O)(=O)NC)cc1NS(=O)(=O)c1ccc(F)c2ncccc12. The molecule has 0 atom stereocenters. The maximum absolute atomic E-state index is 14.0. The van der Waals surface area contributed by atoms with Crippen molar-refractivity contribution in [3.63, 3.8) is 0 Å². The molecule has 8 nitrogen and oxygen atoms in total. The van der Waals surface area contributed by atoms with Gasteiger partial charge in [0.15, 0.2) is 0 Å². The molecule has 0 fully saturated rings. The highest BCUT2D eigenvalue weighted by atomic mass is 32.2. The summed E-state index contributed by atoms with van der Waals surface area (Å²) in [5, 5.41) is 2.91. The summed E-state index contributed by atoms with van der Waals surface area (Å²) in [5.41, 5.74) is 0.314. The van der Waals surface area contributed by atoms with Crippen LogP contribution < -0.4 is 14.8 Å². The lowest BCUT2D eigenvalue weighted by atomic mass is 10.2. The number of nitrogens with one attached hydrogen (secondary N) is 3. The molecule has 0 radical (unpaired) electrons. The summed E-state index contributed by atoms with van der Waals surface area (Å²) >= 11 is 0. The zero-order chi connectivity index (χ0) is 20.5. The zero-order valence-corrected chi connectivity index (χ0v) is 16.5. The first-order valence-corrected chi connectivity index (χ1v) is 11.0. The first-order chi connectivity index (χ1) is 13.2. The minimum absolute atomic E-state index is 0.0280. The topological polar surface area (TPSA) is 117 Å². The number of hydrogen-bond acceptors (Lipinski definition) is 6. The van der Waals surface area contributed by atoms with Crippen LogP contribution in [0.4, 0.5) is 15.8 Å². The summed E-state index contributed by atoms with van der Waals surface area (Å²) < 4.78 is 68.5. The van der Waals surface area contributed by atoms with Crippen molar-refractivity contribution in [3.05, 3.63) is 54.5 Å². The third kappa shape index (κ3) is 3.63. The minimum atomic E-state index is -4.17. The summed E-state index contributed by atoms with van der Waals surface area (Å²) in [5.74, 6) is -0.646. The molecule has 0 bridgehead atoms. The lowest BCUT2D eigenvalue weighted by molar-refractivity contribution is 0.588. The summed E-state index contributed by atoms with van der Waals surface area (Å²) in [7, 11) is -5.13. The third-order valence-corrected chi connectivity index (χ3v) is 6.89. The van der Waals surface area contributed by atoms with E-state index in [9.17, 15) is 21.2 Å². The quantitative estimate of drug-likeness (QED) is 0.558. The van der Waals surface area contributed by atoms with Crippen molar-refractivity contribution in [2.45, 2.75) is 9.79 Å². The second-order valence-corrected chi connectivity index (χ2v) is 9.25. The Hall–Kier alpha value is -2.76. The van der Waals surface area contributed by atoms with E-state index < -0.39 is 25.9 Å². The molecule has 148 valence electrons. The molecule has 28 heavy (non-hydrogen) atoms. The maximum Gasteiger partial charge on any atom is 0.262 e. The molecular formula is C17H17FN4O4S2. The van der Waals surface area contributed by atoms with Crippen molar-refractivity contribution >= 4 is 42.3 Å². The molecule has 3 N–H and O–H groups in total. The molecule has 11 heteroatoms. The molecule has 0 aliphatic rings. The van der Waals surface area contributed by atoms with Gasteiger partial charge in [0.25, 0.3) is 10.0 Å². The predicted octanol–water partition coefficient (Wildman–Crippen LogP) is 2.12. The standard InChI is InChI=1S/C17H17FN4O4S2/c1-19-14-7-5-11(27(23,24)20-2)10-15(14)22-28(25,26)16-8-6-13(18)17-12(16)4-3-9-21-17/h3-10,19-20,22H,1-2H3. The van der Waals surface area contributed by atoms with E-state index in [1.165, 1.54) is 43.6 Å². The first-order valence-electron chi connectivity index (χ1n) is 8.01. The largest absolute Gasteiger partial charge is 0.386 e. The second kappa shape index (κ2) is 7.34. The van der Waals surface area contributed by atoms with Crippen LogP contribution in [0.5, 0.6) is 0 Å². The van der Waals surface area contributed by atoms with Crippen LogP contribution in [0.3, 0.4) is 0 Å². The van der Waals surface area contributed by atoms with Gasteiger partial charge in [0.1, 0.15) is 11.3 Å². The van der Waals surface area contributed by atoms with Crippen molar-refractivity contribution in [2.24, 2.45) is 0 Å². The number of sulfonamides is 2. The van der Waals surface area contributed by atoms with E-state index in [0.29, 0.717) is 5.69 Å². The van der Waals surface area contributed by atoms with Gasteiger partial charge in [-0.3, -0.25) is 9.71 Å². The van der Waals surface area contributed by atoms with Gasteiger partial charge in [0.05, 0.1) is 21.2 Å². The average molecular weight is 424 g/mol. The number of benzene rings is 2. The molecule has 1 heterocycles. The van der Waals surface area contributed by atoms with Crippen LogP contribution in [-0.2, 0) is 20.0 Å². The van der Waals surface area contributed by atoms with Crippen molar-refractivity contribution in [1.29, 1.82) is 0 Å². The number of fused-ring (bicyclic) bond motifs is 1. The van der Waals surface area contributed by atoms with Crippen molar-refractivity contribution < 1.29 is 21.2 Å². The molecule has 0 amide bonds. The van der Waals surface area contributed by atoms with Crippen LogP contribution >= 0.6 is 0 Å². The van der Waals surface area contributed by atoms with E-state index in [4.69, 9.17) is 0 Å². The summed E-state index contributed by atoms with van der Waals surface area (Å²) in [4.78, 5) is 3.59. The van der Waals surface area contributed by atoms with Gasteiger partial charge < -0.3 is 5.32 Å². The molecule has 0 spiro atoms. The molecule has 3 rings (SSSR count). The summed E-state index contributed by atoms with van der Waals surface area (Å²) in [6.45, 7) is 0. The molecule has 3 aromatic rings. The lowest BCUT2D eigenvalue weighted by Gasteiger charge is -2.15. The Morgan fingerprint density at radius 3 is 2.36 bits per heavy atom. The Kier molecular flexibility index (Phi) is 5.24. The average Bonchev–Trinajstić information content (AvgIpc) is 2.68. The van der Waals surface area contributed by atoms with E-state index in [1.54, 1.807) is 7.05 Å². The Balaban J connectivity index is 2.14. The van der Waals surface area contributed by atoms with Crippen molar-refractivity contribution in [1.82, 2.24) is 9.71 Å². The molecule has 0 aliphatic carbocycles. The monoisotopic (exact) mass is 424 g/mol. The molecule has 0 aliphatic heterocycles. The first kappa shape index (κ1) is 20.0. The number of rotatable bonds is 6. The van der Waals surface area contributed by atoms with Crippen LogP contribution in [0, 0.1) is 5.82 Å². The molecular weight excluding hydrogens is 407 g/mol. The van der Waals surface area contributed by atoms with Gasteiger partial charge >= 0.3 is 0 Å². The van der Waals surface area contributed by atoms with Gasteiger partial charge in [0.2, 0.25) is 10.0 Å². The van der Waals surface area contributed by atoms with E-state index in [0.717, 1.165) is 12.1 Å². The van der Waals surface area contributed by atoms with Gasteiger partial charge in [-0.15, -0.1) is 0 Å².